The molecule has 0 aromatic carbocycles. The minimum absolute atomic E-state index is 0.115. The molecule has 2 saturated heterocycles. The number of aromatic nitrogens is 2. The molecule has 0 radical (unpaired) electrons. The summed E-state index contributed by atoms with van der Waals surface area (Å²) in [7, 11) is 0. The van der Waals surface area contributed by atoms with E-state index < -0.39 is 17.5 Å². The molecule has 4 atom stereocenters. The number of H-pyrrole nitrogens is 1. The van der Waals surface area contributed by atoms with Crippen molar-refractivity contribution in [2.24, 2.45) is 5.92 Å². The summed E-state index contributed by atoms with van der Waals surface area (Å²) in [5, 5.41) is 0. The van der Waals surface area contributed by atoms with E-state index in [1.165, 1.54) is 10.8 Å². The smallest absolute Gasteiger partial charge is 0.330 e. The predicted molar refractivity (Wildman–Crippen MR) is 72.4 cm³/mol. The average molecular weight is 278 g/mol. The molecule has 20 heavy (non-hydrogen) atoms. The Morgan fingerprint density at radius 3 is 2.80 bits per heavy atom. The van der Waals surface area contributed by atoms with Gasteiger partial charge in [-0.25, -0.2) is 4.79 Å². The van der Waals surface area contributed by atoms with Gasteiger partial charge in [-0.05, 0) is 13.3 Å². The maximum atomic E-state index is 12.0. The molecule has 1 unspecified atom stereocenters. The molecule has 1 N–H and O–H groups in total. The number of hydrogen-bond acceptors (Lipinski definition) is 4. The molecule has 0 saturated carbocycles. The molecule has 3 rings (SSSR count). The predicted octanol–water partition coefficient (Wildman–Crippen LogP) is 1.07. The molecule has 2 aliphatic heterocycles. The fourth-order valence-electron chi connectivity index (χ4n) is 3.24. The summed E-state index contributed by atoms with van der Waals surface area (Å²) in [4.78, 5) is 25.7. The minimum Gasteiger partial charge on any atom is -0.487 e. The van der Waals surface area contributed by atoms with E-state index in [0.29, 0.717) is 11.3 Å². The molecule has 1 aromatic rings. The number of aromatic amines is 1. The zero-order valence-electron chi connectivity index (χ0n) is 11.8. The number of ether oxygens (including phenoxy) is 2. The van der Waals surface area contributed by atoms with E-state index in [2.05, 4.69) is 11.6 Å². The number of aryl methyl sites for hydroxylation is 1. The van der Waals surface area contributed by atoms with Gasteiger partial charge in [0.25, 0.3) is 5.56 Å². The van der Waals surface area contributed by atoms with Crippen LogP contribution in [0.2, 0.25) is 0 Å². The molecule has 1 aromatic heterocycles. The number of nitrogens with one attached hydrogen (secondary N) is 1. The third-order valence-corrected chi connectivity index (χ3v) is 4.54. The van der Waals surface area contributed by atoms with Gasteiger partial charge in [0.15, 0.2) is 6.23 Å². The van der Waals surface area contributed by atoms with E-state index in [0.717, 1.165) is 6.42 Å². The van der Waals surface area contributed by atoms with E-state index in [1.807, 2.05) is 13.8 Å². The first kappa shape index (κ1) is 13.2. The van der Waals surface area contributed by atoms with Crippen LogP contribution in [0.4, 0.5) is 0 Å². The third-order valence-electron chi connectivity index (χ3n) is 4.54. The highest BCUT2D eigenvalue weighted by Gasteiger charge is 2.62. The van der Waals surface area contributed by atoms with Crippen molar-refractivity contribution in [2.45, 2.75) is 45.1 Å². The molecule has 2 aliphatic rings. The second kappa shape index (κ2) is 4.09. The van der Waals surface area contributed by atoms with Gasteiger partial charge in [0.2, 0.25) is 0 Å². The molecule has 6 nitrogen and oxygen atoms in total. The molecule has 2 fully saturated rings. The molecule has 0 aliphatic carbocycles. The number of rotatable bonds is 2. The van der Waals surface area contributed by atoms with Gasteiger partial charge in [-0.1, -0.05) is 20.4 Å². The summed E-state index contributed by atoms with van der Waals surface area (Å²) < 4.78 is 13.3. The normalized spacial score (nSPS) is 35.4. The van der Waals surface area contributed by atoms with Crippen LogP contribution < -0.4 is 11.2 Å². The van der Waals surface area contributed by atoms with Crippen LogP contribution in [0, 0.1) is 12.8 Å². The Hall–Kier alpha value is -1.82. The van der Waals surface area contributed by atoms with Crippen LogP contribution in [0.15, 0.2) is 28.1 Å². The largest absolute Gasteiger partial charge is 0.487 e. The van der Waals surface area contributed by atoms with Crippen LogP contribution in [-0.2, 0) is 9.47 Å². The van der Waals surface area contributed by atoms with Crippen molar-refractivity contribution in [2.75, 3.05) is 0 Å². The maximum Gasteiger partial charge on any atom is 0.330 e. The van der Waals surface area contributed by atoms with Gasteiger partial charge in [0.05, 0.1) is 0 Å². The van der Waals surface area contributed by atoms with Crippen molar-refractivity contribution in [1.82, 2.24) is 9.55 Å². The van der Waals surface area contributed by atoms with Gasteiger partial charge >= 0.3 is 5.69 Å². The van der Waals surface area contributed by atoms with E-state index in [1.54, 1.807) is 6.92 Å². The van der Waals surface area contributed by atoms with Gasteiger partial charge in [0, 0.05) is 17.7 Å². The molecule has 0 spiro atoms. The Balaban J connectivity index is 2.07. The fourth-order valence-corrected chi connectivity index (χ4v) is 3.24. The van der Waals surface area contributed by atoms with Crippen molar-refractivity contribution in [3.8, 4) is 0 Å². The zero-order chi connectivity index (χ0) is 14.7. The first-order valence-electron chi connectivity index (χ1n) is 6.76. The Bertz CT molecular complexity index is 689. The Labute approximate surface area is 116 Å². The number of hydrogen-bond donors (Lipinski definition) is 1. The molecule has 2 bridgehead atoms. The summed E-state index contributed by atoms with van der Waals surface area (Å²) in [5.74, 6) is 0.743. The van der Waals surface area contributed by atoms with Crippen molar-refractivity contribution >= 4 is 0 Å². The highest BCUT2D eigenvalue weighted by molar-refractivity contribution is 5.21. The van der Waals surface area contributed by atoms with Crippen molar-refractivity contribution in [3.63, 3.8) is 0 Å². The zero-order valence-corrected chi connectivity index (χ0v) is 11.8. The van der Waals surface area contributed by atoms with E-state index >= 15 is 0 Å². The van der Waals surface area contributed by atoms with Crippen LogP contribution >= 0.6 is 0 Å². The van der Waals surface area contributed by atoms with Gasteiger partial charge in [-0.3, -0.25) is 14.3 Å². The molecular formula is C14H18N2O4. The lowest BCUT2D eigenvalue weighted by Gasteiger charge is -2.32. The molecule has 6 heteroatoms. The van der Waals surface area contributed by atoms with E-state index in [4.69, 9.17) is 9.47 Å². The fraction of sp³-hybridized carbons (Fsp3) is 0.571. The van der Waals surface area contributed by atoms with E-state index in [9.17, 15) is 9.59 Å². The van der Waals surface area contributed by atoms with Gasteiger partial charge < -0.3 is 9.47 Å². The molecule has 0 amide bonds. The lowest BCUT2D eigenvalue weighted by molar-refractivity contribution is -0.139. The summed E-state index contributed by atoms with van der Waals surface area (Å²) in [6.45, 7) is 9.62. The highest BCUT2D eigenvalue weighted by atomic mass is 16.6. The van der Waals surface area contributed by atoms with Crippen LogP contribution in [0.25, 0.3) is 0 Å². The van der Waals surface area contributed by atoms with Crippen molar-refractivity contribution in [1.29, 1.82) is 0 Å². The SMILES string of the molecule is C=C1O[C@H]2C(C)[C@@]1(CC)O[C@H]2n1cc(C)c(=O)[nH]c1=O. The van der Waals surface area contributed by atoms with Gasteiger partial charge in [0.1, 0.15) is 17.5 Å². The molecule has 108 valence electrons. The standard InChI is InChI=1S/C14H18N2O4/c1-5-14-8(3)10(19-9(14)4)12(20-14)16-6-7(2)11(17)15-13(16)18/h6,8,10,12H,4-5H2,1-3H3,(H,15,17,18)/t8?,10-,12+,14+/m0/s1. The van der Waals surface area contributed by atoms with Crippen LogP contribution in [0.5, 0.6) is 0 Å². The monoisotopic (exact) mass is 278 g/mol. The van der Waals surface area contributed by atoms with Crippen LogP contribution in [-0.4, -0.2) is 21.3 Å². The highest BCUT2D eigenvalue weighted by Crippen LogP contribution is 2.54. The van der Waals surface area contributed by atoms with E-state index in [-0.39, 0.29) is 17.6 Å². The third kappa shape index (κ3) is 1.48. The quantitative estimate of drug-likeness (QED) is 0.878. The van der Waals surface area contributed by atoms with Crippen LogP contribution in [0.1, 0.15) is 32.1 Å². The summed E-state index contributed by atoms with van der Waals surface area (Å²) in [6.07, 6.45) is 1.47. The van der Waals surface area contributed by atoms with Crippen molar-refractivity contribution < 1.29 is 9.47 Å². The van der Waals surface area contributed by atoms with Crippen LogP contribution in [0.3, 0.4) is 0 Å². The summed E-state index contributed by atoms with van der Waals surface area (Å²) in [6, 6.07) is 0. The lowest BCUT2D eigenvalue weighted by Crippen LogP contribution is -2.40. The summed E-state index contributed by atoms with van der Waals surface area (Å²) >= 11 is 0. The maximum absolute atomic E-state index is 12.0. The second-order valence-electron chi connectivity index (χ2n) is 5.52. The van der Waals surface area contributed by atoms with Crippen molar-refractivity contribution in [3.05, 3.63) is 44.9 Å². The first-order valence-corrected chi connectivity index (χ1v) is 6.76. The topological polar surface area (TPSA) is 73.3 Å². The second-order valence-corrected chi connectivity index (χ2v) is 5.52. The van der Waals surface area contributed by atoms with Gasteiger partial charge in [-0.15, -0.1) is 0 Å². The molecular weight excluding hydrogens is 260 g/mol. The summed E-state index contributed by atoms with van der Waals surface area (Å²) in [5.41, 5.74) is -0.935. The number of fused-ring (bicyclic) bond motifs is 2. The Kier molecular flexibility index (Phi) is 2.69. The number of nitrogens with zero attached hydrogens (tertiary/aromatic N) is 1. The first-order chi connectivity index (χ1) is 9.40. The molecule has 3 heterocycles. The van der Waals surface area contributed by atoms with Gasteiger partial charge in [-0.2, -0.15) is 0 Å². The lowest BCUT2D eigenvalue weighted by atomic mass is 9.86. The minimum atomic E-state index is -0.543. The Morgan fingerprint density at radius 2 is 2.20 bits per heavy atom. The Morgan fingerprint density at radius 1 is 1.50 bits per heavy atom. The average Bonchev–Trinajstić information content (AvgIpc) is 2.81.